The first-order chi connectivity index (χ1) is 7.75. The quantitative estimate of drug-likeness (QED) is 0.759. The second kappa shape index (κ2) is 5.96. The Hall–Kier alpha value is -0.160. The summed E-state index contributed by atoms with van der Waals surface area (Å²) in [7, 11) is 0. The van der Waals surface area contributed by atoms with Crippen molar-refractivity contribution in [2.75, 3.05) is 6.61 Å². The Labute approximate surface area is 112 Å². The average molecular weight is 348 g/mol. The molecular weight excluding hydrogens is 336 g/mol. The fourth-order valence-corrected chi connectivity index (χ4v) is 1.95. The maximum Gasteiger partial charge on any atom is 0.112 e. The van der Waals surface area contributed by atoms with Crippen molar-refractivity contribution in [2.24, 2.45) is 0 Å². The van der Waals surface area contributed by atoms with Gasteiger partial charge in [0.25, 0.3) is 0 Å². The van der Waals surface area contributed by atoms with Gasteiger partial charge < -0.3 is 9.47 Å². The third kappa shape index (κ3) is 4.01. The van der Waals surface area contributed by atoms with Crippen molar-refractivity contribution >= 4 is 31.9 Å². The van der Waals surface area contributed by atoms with Gasteiger partial charge in [-0.15, -0.1) is 0 Å². The molecule has 2 rings (SSSR count). The molecule has 2 atom stereocenters. The summed E-state index contributed by atoms with van der Waals surface area (Å²) < 4.78 is 11.9. The minimum atomic E-state index is 0.185. The van der Waals surface area contributed by atoms with Crippen molar-refractivity contribution in [1.29, 1.82) is 0 Å². The van der Waals surface area contributed by atoms with Crippen molar-refractivity contribution in [1.82, 2.24) is 0 Å². The van der Waals surface area contributed by atoms with Crippen LogP contribution < -0.4 is 0 Å². The third-order valence-electron chi connectivity index (χ3n) is 2.31. The molecule has 86 valence electrons. The largest absolute Gasteiger partial charge is 0.374 e. The maximum atomic E-state index is 5.57. The number of rotatable bonds is 5. The van der Waals surface area contributed by atoms with E-state index in [0.717, 1.165) is 3.39 Å². The molecule has 1 aliphatic rings. The summed E-state index contributed by atoms with van der Waals surface area (Å²) in [5, 5.41) is 0. The molecule has 1 saturated heterocycles. The summed E-state index contributed by atoms with van der Waals surface area (Å²) in [6.07, 6.45) is 2.37. The second-order valence-corrected chi connectivity index (χ2v) is 6.37. The normalized spacial score (nSPS) is 22.9. The molecule has 1 aromatic carbocycles. The standard InChI is InChI=1S/C12H12Br2O2/c13-12(14)6-10-11(16-10)8-15-7-9-4-2-1-3-5-9/h1-6,10-11H,7-8H2. The zero-order valence-corrected chi connectivity index (χ0v) is 11.8. The van der Waals surface area contributed by atoms with Crippen LogP contribution >= 0.6 is 31.9 Å². The highest BCUT2D eigenvalue weighted by atomic mass is 79.9. The zero-order chi connectivity index (χ0) is 11.4. The van der Waals surface area contributed by atoms with Gasteiger partial charge in [0.05, 0.1) is 16.6 Å². The molecule has 0 radical (unpaired) electrons. The number of hydrogen-bond acceptors (Lipinski definition) is 2. The van der Waals surface area contributed by atoms with E-state index in [2.05, 4.69) is 44.0 Å². The Kier molecular flexibility index (Phi) is 4.58. The summed E-state index contributed by atoms with van der Waals surface area (Å²) >= 11 is 6.61. The van der Waals surface area contributed by atoms with Crippen molar-refractivity contribution < 1.29 is 9.47 Å². The lowest BCUT2D eigenvalue weighted by Gasteiger charge is -2.01. The minimum Gasteiger partial charge on any atom is -0.374 e. The Balaban J connectivity index is 1.66. The van der Waals surface area contributed by atoms with E-state index in [4.69, 9.17) is 9.47 Å². The molecule has 1 aromatic rings. The van der Waals surface area contributed by atoms with Gasteiger partial charge in [-0.05, 0) is 43.5 Å². The van der Waals surface area contributed by atoms with Crippen LogP contribution in [0, 0.1) is 0 Å². The number of ether oxygens (including phenoxy) is 2. The smallest absolute Gasteiger partial charge is 0.112 e. The predicted molar refractivity (Wildman–Crippen MR) is 70.7 cm³/mol. The topological polar surface area (TPSA) is 21.8 Å². The van der Waals surface area contributed by atoms with Gasteiger partial charge in [0, 0.05) is 0 Å². The molecule has 2 unspecified atom stereocenters. The van der Waals surface area contributed by atoms with Crippen molar-refractivity contribution in [3.8, 4) is 0 Å². The van der Waals surface area contributed by atoms with Gasteiger partial charge in [-0.2, -0.15) is 0 Å². The van der Waals surface area contributed by atoms with Crippen LogP contribution in [-0.4, -0.2) is 18.8 Å². The molecule has 0 amide bonds. The number of benzene rings is 1. The van der Waals surface area contributed by atoms with E-state index >= 15 is 0 Å². The number of epoxide rings is 1. The van der Waals surface area contributed by atoms with Crippen molar-refractivity contribution in [2.45, 2.75) is 18.8 Å². The van der Waals surface area contributed by atoms with Gasteiger partial charge in [-0.25, -0.2) is 0 Å². The summed E-state index contributed by atoms with van der Waals surface area (Å²) in [6, 6.07) is 10.1. The van der Waals surface area contributed by atoms with E-state index in [0.29, 0.717) is 13.2 Å². The molecule has 2 nitrogen and oxygen atoms in total. The zero-order valence-electron chi connectivity index (χ0n) is 8.61. The first kappa shape index (κ1) is 12.3. The van der Waals surface area contributed by atoms with Crippen LogP contribution in [0.25, 0.3) is 0 Å². The Morgan fingerprint density at radius 3 is 2.75 bits per heavy atom. The SMILES string of the molecule is BrC(Br)=CC1OC1COCc1ccccc1. The van der Waals surface area contributed by atoms with E-state index in [1.165, 1.54) is 5.56 Å². The molecule has 0 saturated carbocycles. The van der Waals surface area contributed by atoms with Crippen molar-refractivity contribution in [3.05, 3.63) is 45.4 Å². The first-order valence-electron chi connectivity index (χ1n) is 5.05. The summed E-state index contributed by atoms with van der Waals surface area (Å²) in [5.41, 5.74) is 1.19. The fraction of sp³-hybridized carbons (Fsp3) is 0.333. The van der Waals surface area contributed by atoms with E-state index in [1.54, 1.807) is 0 Å². The third-order valence-corrected chi connectivity index (χ3v) is 2.83. The summed E-state index contributed by atoms with van der Waals surface area (Å²) in [4.78, 5) is 0. The van der Waals surface area contributed by atoms with Crippen LogP contribution in [0.3, 0.4) is 0 Å². The van der Waals surface area contributed by atoms with Gasteiger partial charge in [-0.1, -0.05) is 30.3 Å². The molecule has 0 aliphatic carbocycles. The lowest BCUT2D eigenvalue weighted by atomic mass is 10.2. The molecule has 0 N–H and O–H groups in total. The number of halogens is 2. The fourth-order valence-electron chi connectivity index (χ4n) is 1.43. The second-order valence-electron chi connectivity index (χ2n) is 3.60. The van der Waals surface area contributed by atoms with Crippen molar-refractivity contribution in [3.63, 3.8) is 0 Å². The first-order valence-corrected chi connectivity index (χ1v) is 6.64. The highest BCUT2D eigenvalue weighted by Gasteiger charge is 2.37. The van der Waals surface area contributed by atoms with E-state index in [9.17, 15) is 0 Å². The van der Waals surface area contributed by atoms with Gasteiger partial charge in [-0.3, -0.25) is 0 Å². The molecule has 16 heavy (non-hydrogen) atoms. The molecular formula is C12H12Br2O2. The maximum absolute atomic E-state index is 5.57. The molecule has 0 aromatic heterocycles. The van der Waals surface area contributed by atoms with E-state index in [-0.39, 0.29) is 12.2 Å². The van der Waals surface area contributed by atoms with Gasteiger partial charge in [0.2, 0.25) is 0 Å². The Morgan fingerprint density at radius 2 is 2.06 bits per heavy atom. The highest BCUT2D eigenvalue weighted by molar-refractivity contribution is 9.28. The van der Waals surface area contributed by atoms with Gasteiger partial charge in [0.15, 0.2) is 0 Å². The molecule has 1 aliphatic heterocycles. The molecule has 0 bridgehead atoms. The Morgan fingerprint density at radius 1 is 1.31 bits per heavy atom. The van der Waals surface area contributed by atoms with Crippen LogP contribution in [0.4, 0.5) is 0 Å². The highest BCUT2D eigenvalue weighted by Crippen LogP contribution is 2.28. The monoisotopic (exact) mass is 346 g/mol. The van der Waals surface area contributed by atoms with E-state index in [1.807, 2.05) is 24.3 Å². The minimum absolute atomic E-state index is 0.185. The molecule has 1 heterocycles. The molecule has 4 heteroatoms. The lowest BCUT2D eigenvalue weighted by molar-refractivity contribution is 0.104. The van der Waals surface area contributed by atoms with Crippen LogP contribution in [0.1, 0.15) is 5.56 Å². The van der Waals surface area contributed by atoms with Crippen LogP contribution in [0.15, 0.2) is 39.8 Å². The molecule has 1 fully saturated rings. The van der Waals surface area contributed by atoms with E-state index < -0.39 is 0 Å². The van der Waals surface area contributed by atoms with Gasteiger partial charge in [0.1, 0.15) is 12.2 Å². The van der Waals surface area contributed by atoms with Crippen LogP contribution in [0.2, 0.25) is 0 Å². The molecule has 0 spiro atoms. The van der Waals surface area contributed by atoms with Gasteiger partial charge >= 0.3 is 0 Å². The predicted octanol–water partition coefficient (Wildman–Crippen LogP) is 3.60. The van der Waals surface area contributed by atoms with Crippen LogP contribution in [0.5, 0.6) is 0 Å². The van der Waals surface area contributed by atoms with Crippen LogP contribution in [-0.2, 0) is 16.1 Å². The average Bonchev–Trinajstić information content (AvgIpc) is 2.97. The lowest BCUT2D eigenvalue weighted by Crippen LogP contribution is -2.03. The Bertz CT molecular complexity index is 361. The summed E-state index contributed by atoms with van der Waals surface area (Å²) in [6.45, 7) is 1.29. The number of hydrogen-bond donors (Lipinski definition) is 0. The summed E-state index contributed by atoms with van der Waals surface area (Å²) in [5.74, 6) is 0.